The number of benzene rings is 2. The Morgan fingerprint density at radius 1 is 1.10 bits per heavy atom. The number of carbonyl (C=O) groups excluding carboxylic acids is 1. The Morgan fingerprint density at radius 3 is 2.57 bits per heavy atom. The third kappa shape index (κ3) is 4.07. The molecule has 1 aromatic heterocycles. The fourth-order valence-electron chi connectivity index (χ4n) is 2.88. The molecular weight excluding hydrogens is 386 g/mol. The highest BCUT2D eigenvalue weighted by atomic mass is 16.5. The molecule has 4 N–H and O–H groups in total. The van der Waals surface area contributed by atoms with E-state index in [9.17, 15) is 10.1 Å². The molecule has 2 aromatic carbocycles. The molecule has 3 aromatic rings. The van der Waals surface area contributed by atoms with E-state index in [4.69, 9.17) is 25.7 Å². The third-order valence-electron chi connectivity index (χ3n) is 4.30. The summed E-state index contributed by atoms with van der Waals surface area (Å²) in [7, 11) is 2.83. The number of ether oxygens (including phenoxy) is 3. The molecule has 0 aliphatic rings. The van der Waals surface area contributed by atoms with Crippen LogP contribution in [0.2, 0.25) is 0 Å². The van der Waals surface area contributed by atoms with Gasteiger partial charge in [-0.05, 0) is 30.3 Å². The van der Waals surface area contributed by atoms with Gasteiger partial charge in [0, 0.05) is 11.1 Å². The second-order valence-electron chi connectivity index (χ2n) is 6.11. The van der Waals surface area contributed by atoms with Crippen molar-refractivity contribution in [3.05, 3.63) is 59.2 Å². The Kier molecular flexibility index (Phi) is 5.98. The fraction of sp³-hybridized carbons (Fsp3) is 0.143. The molecule has 1 heterocycles. The number of esters is 1. The SMILES string of the molecule is COC(=O)c1ccccc1OCc1cc(-c2nc(N)nc(N)c2C#N)ccc1OC. The van der Waals surface area contributed by atoms with Crippen molar-refractivity contribution in [2.45, 2.75) is 6.61 Å². The highest BCUT2D eigenvalue weighted by Gasteiger charge is 2.17. The minimum absolute atomic E-state index is 0.000577. The lowest BCUT2D eigenvalue weighted by molar-refractivity contribution is 0.0595. The summed E-state index contributed by atoms with van der Waals surface area (Å²) in [5.74, 6) is 0.382. The average molecular weight is 405 g/mol. The van der Waals surface area contributed by atoms with E-state index < -0.39 is 5.97 Å². The maximum atomic E-state index is 11.9. The van der Waals surface area contributed by atoms with Gasteiger partial charge in [-0.2, -0.15) is 10.2 Å². The van der Waals surface area contributed by atoms with Gasteiger partial charge in [-0.15, -0.1) is 0 Å². The van der Waals surface area contributed by atoms with Gasteiger partial charge < -0.3 is 25.7 Å². The van der Waals surface area contributed by atoms with Gasteiger partial charge in [-0.1, -0.05) is 12.1 Å². The smallest absolute Gasteiger partial charge is 0.341 e. The normalized spacial score (nSPS) is 10.2. The zero-order valence-electron chi connectivity index (χ0n) is 16.4. The van der Waals surface area contributed by atoms with Crippen molar-refractivity contribution < 1.29 is 19.0 Å². The number of nitrogens with zero attached hydrogens (tertiary/aromatic N) is 3. The Morgan fingerprint density at radius 2 is 1.87 bits per heavy atom. The quantitative estimate of drug-likeness (QED) is 0.590. The van der Waals surface area contributed by atoms with Crippen LogP contribution in [-0.2, 0) is 11.3 Å². The van der Waals surface area contributed by atoms with Crippen molar-refractivity contribution in [1.29, 1.82) is 5.26 Å². The first-order chi connectivity index (χ1) is 14.5. The number of nitrogens with two attached hydrogens (primary N) is 2. The molecule has 0 atom stereocenters. The van der Waals surface area contributed by atoms with Gasteiger partial charge in [0.15, 0.2) is 0 Å². The van der Waals surface area contributed by atoms with Crippen molar-refractivity contribution in [3.63, 3.8) is 0 Å². The van der Waals surface area contributed by atoms with E-state index >= 15 is 0 Å². The van der Waals surface area contributed by atoms with Gasteiger partial charge in [0.25, 0.3) is 0 Å². The van der Waals surface area contributed by atoms with Crippen LogP contribution < -0.4 is 20.9 Å². The summed E-state index contributed by atoms with van der Waals surface area (Å²) in [5.41, 5.74) is 13.5. The second-order valence-corrected chi connectivity index (χ2v) is 6.11. The first kappa shape index (κ1) is 20.4. The number of carbonyl (C=O) groups is 1. The maximum Gasteiger partial charge on any atom is 0.341 e. The minimum Gasteiger partial charge on any atom is -0.496 e. The number of para-hydroxylation sites is 1. The van der Waals surface area contributed by atoms with Crippen LogP contribution in [-0.4, -0.2) is 30.2 Å². The Labute approximate surface area is 172 Å². The second kappa shape index (κ2) is 8.79. The van der Waals surface area contributed by atoms with Crippen molar-refractivity contribution in [2.24, 2.45) is 0 Å². The summed E-state index contributed by atoms with van der Waals surface area (Å²) in [6.07, 6.45) is 0. The lowest BCUT2D eigenvalue weighted by Gasteiger charge is -2.14. The Hall–Kier alpha value is -4.32. The molecule has 0 bridgehead atoms. The number of nitriles is 1. The van der Waals surface area contributed by atoms with E-state index in [1.165, 1.54) is 14.2 Å². The van der Waals surface area contributed by atoms with Crippen molar-refractivity contribution >= 4 is 17.7 Å². The number of anilines is 2. The zero-order chi connectivity index (χ0) is 21.7. The molecule has 30 heavy (non-hydrogen) atoms. The summed E-state index contributed by atoms with van der Waals surface area (Å²) < 4.78 is 16.1. The maximum absolute atomic E-state index is 11.9. The summed E-state index contributed by atoms with van der Waals surface area (Å²) in [4.78, 5) is 19.9. The minimum atomic E-state index is -0.503. The molecule has 0 radical (unpaired) electrons. The predicted octanol–water partition coefficient (Wildman–Crippen LogP) is 2.55. The van der Waals surface area contributed by atoms with Gasteiger partial charge >= 0.3 is 5.97 Å². The number of rotatable bonds is 6. The largest absolute Gasteiger partial charge is 0.496 e. The molecule has 9 heteroatoms. The highest BCUT2D eigenvalue weighted by molar-refractivity contribution is 5.92. The van der Waals surface area contributed by atoms with E-state index in [1.807, 2.05) is 6.07 Å². The van der Waals surface area contributed by atoms with E-state index in [1.54, 1.807) is 42.5 Å². The van der Waals surface area contributed by atoms with Crippen LogP contribution >= 0.6 is 0 Å². The fourth-order valence-corrected chi connectivity index (χ4v) is 2.88. The first-order valence-corrected chi connectivity index (χ1v) is 8.79. The van der Waals surface area contributed by atoms with Gasteiger partial charge in [0.1, 0.15) is 41.1 Å². The average Bonchev–Trinajstić information content (AvgIpc) is 2.76. The van der Waals surface area contributed by atoms with Crippen molar-refractivity contribution in [2.75, 3.05) is 25.7 Å². The van der Waals surface area contributed by atoms with Crippen LogP contribution in [0.15, 0.2) is 42.5 Å². The monoisotopic (exact) mass is 405 g/mol. The molecule has 0 spiro atoms. The molecule has 0 fully saturated rings. The van der Waals surface area contributed by atoms with Gasteiger partial charge in [-0.25, -0.2) is 9.78 Å². The van der Waals surface area contributed by atoms with E-state index in [0.717, 1.165) is 0 Å². The first-order valence-electron chi connectivity index (χ1n) is 8.79. The van der Waals surface area contributed by atoms with Crippen molar-refractivity contribution in [1.82, 2.24) is 9.97 Å². The van der Waals surface area contributed by atoms with Crippen LogP contribution in [0.1, 0.15) is 21.5 Å². The predicted molar refractivity (Wildman–Crippen MR) is 110 cm³/mol. The molecule has 0 amide bonds. The van der Waals surface area contributed by atoms with Gasteiger partial charge in [0.05, 0.1) is 19.9 Å². The lowest BCUT2D eigenvalue weighted by Crippen LogP contribution is -2.07. The Balaban J connectivity index is 1.98. The van der Waals surface area contributed by atoms with Gasteiger partial charge in [-0.3, -0.25) is 0 Å². The molecule has 0 saturated heterocycles. The van der Waals surface area contributed by atoms with Gasteiger partial charge in [0.2, 0.25) is 5.95 Å². The summed E-state index contributed by atoms with van der Waals surface area (Å²) in [6.45, 7) is 0.0863. The van der Waals surface area contributed by atoms with E-state index in [2.05, 4.69) is 9.97 Å². The molecular formula is C21H19N5O4. The van der Waals surface area contributed by atoms with Crippen molar-refractivity contribution in [3.8, 4) is 28.8 Å². The van der Waals surface area contributed by atoms with Crippen LogP contribution in [0.25, 0.3) is 11.3 Å². The third-order valence-corrected chi connectivity index (χ3v) is 4.30. The zero-order valence-corrected chi connectivity index (χ0v) is 16.4. The van der Waals surface area contributed by atoms with Crippen LogP contribution in [0.4, 0.5) is 11.8 Å². The molecule has 3 rings (SSSR count). The van der Waals surface area contributed by atoms with Crippen LogP contribution in [0.3, 0.4) is 0 Å². The number of nitrogen functional groups attached to an aromatic ring is 2. The molecule has 152 valence electrons. The lowest BCUT2D eigenvalue weighted by atomic mass is 10.0. The number of hydrogen-bond acceptors (Lipinski definition) is 9. The van der Waals surface area contributed by atoms with Crippen LogP contribution in [0.5, 0.6) is 11.5 Å². The summed E-state index contributed by atoms with van der Waals surface area (Å²) >= 11 is 0. The van der Waals surface area contributed by atoms with E-state index in [0.29, 0.717) is 33.9 Å². The van der Waals surface area contributed by atoms with E-state index in [-0.39, 0.29) is 23.9 Å². The highest BCUT2D eigenvalue weighted by Crippen LogP contribution is 2.31. The van der Waals surface area contributed by atoms with Crippen LogP contribution in [0, 0.1) is 11.3 Å². The molecule has 0 aliphatic carbocycles. The topological polar surface area (TPSA) is 146 Å². The molecule has 0 unspecified atom stereocenters. The number of methoxy groups -OCH3 is 2. The number of hydrogen-bond donors (Lipinski definition) is 2. The molecule has 9 nitrogen and oxygen atoms in total. The molecule has 0 saturated carbocycles. The summed E-state index contributed by atoms with van der Waals surface area (Å²) in [5, 5.41) is 9.44. The molecule has 0 aliphatic heterocycles. The number of aromatic nitrogens is 2. The Bertz CT molecular complexity index is 1140. The summed E-state index contributed by atoms with van der Waals surface area (Å²) in [6, 6.07) is 13.9. The standard InChI is InChI=1S/C21H19N5O4/c1-28-16-8-7-12(18-15(10-22)19(23)26-21(24)25-18)9-13(16)11-30-17-6-4-3-5-14(17)20(27)29-2/h3-9H,11H2,1-2H3,(H4,23,24,25,26).